The lowest BCUT2D eigenvalue weighted by Gasteiger charge is -2.26. The number of halogens is 3. The van der Waals surface area contributed by atoms with Gasteiger partial charge < -0.3 is 15.4 Å². The Bertz CT molecular complexity index is 793. The first-order valence-electron chi connectivity index (χ1n) is 8.64. The summed E-state index contributed by atoms with van der Waals surface area (Å²) in [5.41, 5.74) is -3.89. The second-order valence-electron chi connectivity index (χ2n) is 6.07. The van der Waals surface area contributed by atoms with Gasteiger partial charge in [0.2, 0.25) is 0 Å². The number of anilines is 2. The molecule has 1 fully saturated rings. The molecule has 2 N–H and O–H groups in total. The summed E-state index contributed by atoms with van der Waals surface area (Å²) in [7, 11) is 0. The Morgan fingerprint density at radius 1 is 1.18 bits per heavy atom. The third-order valence-electron chi connectivity index (χ3n) is 4.00. The van der Waals surface area contributed by atoms with E-state index < -0.39 is 11.5 Å². The molecule has 0 atom stereocenters. The van der Waals surface area contributed by atoms with Crippen LogP contribution in [0, 0.1) is 0 Å². The third-order valence-corrected chi connectivity index (χ3v) is 4.81. The Balaban J connectivity index is 1.52. The SMILES string of the molecule is O=C(Nc1cnn(CCN2CCOCC2)c1)Nc1ccccc1SC(F)(F)F. The lowest BCUT2D eigenvalue weighted by molar-refractivity contribution is -0.0328. The number of benzene rings is 1. The van der Waals surface area contributed by atoms with Crippen molar-refractivity contribution in [3.05, 3.63) is 36.7 Å². The van der Waals surface area contributed by atoms with Crippen LogP contribution in [0.5, 0.6) is 0 Å². The lowest BCUT2D eigenvalue weighted by Crippen LogP contribution is -2.38. The maximum Gasteiger partial charge on any atom is 0.446 e. The molecule has 0 bridgehead atoms. The van der Waals surface area contributed by atoms with E-state index >= 15 is 0 Å². The quantitative estimate of drug-likeness (QED) is 0.707. The zero-order chi connectivity index (χ0) is 20.0. The number of nitrogens with one attached hydrogen (secondary N) is 2. The summed E-state index contributed by atoms with van der Waals surface area (Å²) < 4.78 is 44.9. The zero-order valence-corrected chi connectivity index (χ0v) is 15.7. The molecule has 2 amide bonds. The molecule has 2 aromatic rings. The van der Waals surface area contributed by atoms with Crippen molar-refractivity contribution in [3.8, 4) is 0 Å². The van der Waals surface area contributed by atoms with Crippen LogP contribution in [0.15, 0.2) is 41.6 Å². The average Bonchev–Trinajstić information content (AvgIpc) is 3.08. The van der Waals surface area contributed by atoms with E-state index in [0.717, 1.165) is 32.8 Å². The van der Waals surface area contributed by atoms with Crippen LogP contribution in [-0.2, 0) is 11.3 Å². The van der Waals surface area contributed by atoms with Crippen LogP contribution in [0.4, 0.5) is 29.3 Å². The first kappa shape index (κ1) is 20.5. The number of thioether (sulfide) groups is 1. The number of amides is 2. The van der Waals surface area contributed by atoms with Crippen molar-refractivity contribution in [2.45, 2.75) is 16.9 Å². The smallest absolute Gasteiger partial charge is 0.379 e. The van der Waals surface area contributed by atoms with Gasteiger partial charge >= 0.3 is 11.5 Å². The highest BCUT2D eigenvalue weighted by molar-refractivity contribution is 8.00. The molecule has 0 spiro atoms. The first-order chi connectivity index (χ1) is 13.4. The van der Waals surface area contributed by atoms with Crippen molar-refractivity contribution in [1.29, 1.82) is 0 Å². The number of nitrogens with zero attached hydrogens (tertiary/aromatic N) is 3. The summed E-state index contributed by atoms with van der Waals surface area (Å²) in [5.74, 6) is 0. The minimum absolute atomic E-state index is 0.0774. The third kappa shape index (κ3) is 6.43. The highest BCUT2D eigenvalue weighted by atomic mass is 32.2. The van der Waals surface area contributed by atoms with Crippen molar-refractivity contribution in [1.82, 2.24) is 14.7 Å². The van der Waals surface area contributed by atoms with Gasteiger partial charge in [-0.15, -0.1) is 0 Å². The van der Waals surface area contributed by atoms with Crippen molar-refractivity contribution >= 4 is 29.2 Å². The van der Waals surface area contributed by atoms with E-state index in [9.17, 15) is 18.0 Å². The molecule has 0 radical (unpaired) electrons. The monoisotopic (exact) mass is 415 g/mol. The molecular formula is C17H20F3N5O2S. The Labute approximate surface area is 164 Å². The van der Waals surface area contributed by atoms with Crippen LogP contribution < -0.4 is 10.6 Å². The highest BCUT2D eigenvalue weighted by Gasteiger charge is 2.30. The number of hydrogen-bond acceptors (Lipinski definition) is 5. The minimum atomic E-state index is -4.43. The molecule has 0 saturated carbocycles. The van der Waals surface area contributed by atoms with E-state index in [1.165, 1.54) is 24.4 Å². The van der Waals surface area contributed by atoms with Crippen molar-refractivity contribution in [2.24, 2.45) is 0 Å². The van der Waals surface area contributed by atoms with Gasteiger partial charge in [-0.1, -0.05) is 12.1 Å². The van der Waals surface area contributed by atoms with E-state index in [2.05, 4.69) is 20.6 Å². The van der Waals surface area contributed by atoms with Crippen molar-refractivity contribution < 1.29 is 22.7 Å². The number of carbonyl (C=O) groups excluding carboxylic acids is 1. The topological polar surface area (TPSA) is 71.4 Å². The number of hydrogen-bond donors (Lipinski definition) is 2. The van der Waals surface area contributed by atoms with E-state index in [1.54, 1.807) is 16.9 Å². The average molecular weight is 415 g/mol. The van der Waals surface area contributed by atoms with Gasteiger partial charge in [-0.3, -0.25) is 9.58 Å². The second-order valence-corrected chi connectivity index (χ2v) is 7.18. The van der Waals surface area contributed by atoms with E-state index in [4.69, 9.17) is 4.74 Å². The van der Waals surface area contributed by atoms with Crippen LogP contribution in [0.1, 0.15) is 0 Å². The first-order valence-corrected chi connectivity index (χ1v) is 9.46. The van der Waals surface area contributed by atoms with Gasteiger partial charge in [0.05, 0.1) is 37.3 Å². The van der Waals surface area contributed by atoms with Gasteiger partial charge in [-0.25, -0.2) is 4.79 Å². The molecule has 0 unspecified atom stereocenters. The van der Waals surface area contributed by atoms with Crippen LogP contribution in [-0.4, -0.2) is 59.1 Å². The number of ether oxygens (including phenoxy) is 1. The predicted octanol–water partition coefficient (Wildman–Crippen LogP) is 3.47. The normalized spacial score (nSPS) is 15.4. The van der Waals surface area contributed by atoms with Gasteiger partial charge in [0.25, 0.3) is 0 Å². The Hall–Kier alpha value is -2.24. The minimum Gasteiger partial charge on any atom is -0.379 e. The molecule has 2 heterocycles. The molecule has 1 saturated heterocycles. The maximum absolute atomic E-state index is 12.6. The summed E-state index contributed by atoms with van der Waals surface area (Å²) in [6.45, 7) is 4.68. The standard InChI is InChI=1S/C17H20F3N5O2S/c18-17(19,20)28-15-4-2-1-3-14(15)23-16(26)22-13-11-21-25(12-13)6-5-24-7-9-27-10-8-24/h1-4,11-12H,5-10H2,(H2,22,23,26). The number of urea groups is 1. The van der Waals surface area contributed by atoms with Gasteiger partial charge in [-0.2, -0.15) is 18.3 Å². The van der Waals surface area contributed by atoms with Crippen molar-refractivity contribution in [2.75, 3.05) is 43.5 Å². The Morgan fingerprint density at radius 3 is 2.68 bits per heavy atom. The van der Waals surface area contributed by atoms with Crippen LogP contribution in [0.3, 0.4) is 0 Å². The summed E-state index contributed by atoms with van der Waals surface area (Å²) >= 11 is -0.273. The molecule has 3 rings (SSSR count). The lowest BCUT2D eigenvalue weighted by atomic mass is 10.3. The summed E-state index contributed by atoms with van der Waals surface area (Å²) in [4.78, 5) is 14.3. The molecule has 1 aromatic carbocycles. The largest absolute Gasteiger partial charge is 0.446 e. The molecule has 0 aliphatic carbocycles. The fourth-order valence-corrected chi connectivity index (χ4v) is 3.31. The summed E-state index contributed by atoms with van der Waals surface area (Å²) in [5, 5.41) is 9.22. The van der Waals surface area contributed by atoms with E-state index in [0.29, 0.717) is 12.2 Å². The molecule has 1 aliphatic heterocycles. The summed E-state index contributed by atoms with van der Waals surface area (Å²) in [6.07, 6.45) is 3.17. The van der Waals surface area contributed by atoms with Crippen LogP contribution in [0.2, 0.25) is 0 Å². The molecule has 11 heteroatoms. The number of alkyl halides is 3. The van der Waals surface area contributed by atoms with Crippen molar-refractivity contribution in [3.63, 3.8) is 0 Å². The van der Waals surface area contributed by atoms with Gasteiger partial charge in [0, 0.05) is 30.7 Å². The van der Waals surface area contributed by atoms with Crippen LogP contribution >= 0.6 is 11.8 Å². The van der Waals surface area contributed by atoms with Crippen LogP contribution in [0.25, 0.3) is 0 Å². The molecule has 7 nitrogen and oxygen atoms in total. The Morgan fingerprint density at radius 2 is 1.93 bits per heavy atom. The molecule has 28 heavy (non-hydrogen) atoms. The van der Waals surface area contributed by atoms with Gasteiger partial charge in [0.1, 0.15) is 0 Å². The number of morpholine rings is 1. The molecule has 1 aromatic heterocycles. The maximum atomic E-state index is 12.6. The fourth-order valence-electron chi connectivity index (χ4n) is 2.69. The zero-order valence-electron chi connectivity index (χ0n) is 14.9. The highest BCUT2D eigenvalue weighted by Crippen LogP contribution is 2.40. The number of carbonyl (C=O) groups is 1. The van der Waals surface area contributed by atoms with Gasteiger partial charge in [0.15, 0.2) is 0 Å². The van der Waals surface area contributed by atoms with E-state index in [-0.39, 0.29) is 22.3 Å². The number of para-hydroxylation sites is 1. The Kier molecular flexibility index (Phi) is 6.81. The van der Waals surface area contributed by atoms with Gasteiger partial charge in [-0.05, 0) is 23.9 Å². The molecular weight excluding hydrogens is 395 g/mol. The molecule has 1 aliphatic rings. The number of aromatic nitrogens is 2. The predicted molar refractivity (Wildman–Crippen MR) is 100 cm³/mol. The summed E-state index contributed by atoms with van der Waals surface area (Å²) in [6, 6.07) is 5.12. The van der Waals surface area contributed by atoms with E-state index in [1.807, 2.05) is 0 Å². The second kappa shape index (κ2) is 9.30. The molecule has 152 valence electrons. The number of rotatable bonds is 6. The fraction of sp³-hybridized carbons (Fsp3) is 0.412.